The molecule has 3 nitrogen and oxygen atoms in total. The van der Waals surface area contributed by atoms with E-state index >= 15 is 0 Å². The van der Waals surface area contributed by atoms with Gasteiger partial charge in [-0.05, 0) is 37.8 Å². The van der Waals surface area contributed by atoms with Gasteiger partial charge in [0.05, 0.1) is 17.1 Å². The summed E-state index contributed by atoms with van der Waals surface area (Å²) in [6.07, 6.45) is 4.68. The zero-order valence-electron chi connectivity index (χ0n) is 12.0. The van der Waals surface area contributed by atoms with Crippen LogP contribution in [-0.2, 0) is 13.0 Å². The van der Waals surface area contributed by atoms with Gasteiger partial charge < -0.3 is 9.67 Å². The minimum absolute atomic E-state index is 0.163. The van der Waals surface area contributed by atoms with E-state index in [0.717, 1.165) is 44.2 Å². The van der Waals surface area contributed by atoms with E-state index in [1.54, 1.807) is 0 Å². The fourth-order valence-corrected chi connectivity index (χ4v) is 2.48. The third kappa shape index (κ3) is 3.35. The zero-order chi connectivity index (χ0) is 13.7. The Balaban J connectivity index is 2.16. The summed E-state index contributed by atoms with van der Waals surface area (Å²) in [7, 11) is 0. The van der Waals surface area contributed by atoms with E-state index in [4.69, 9.17) is 4.98 Å². The highest BCUT2D eigenvalue weighted by molar-refractivity contribution is 5.75. The van der Waals surface area contributed by atoms with Crippen LogP contribution in [0.3, 0.4) is 0 Å². The minimum Gasteiger partial charge on any atom is -0.393 e. The lowest BCUT2D eigenvalue weighted by atomic mass is 10.1. The van der Waals surface area contributed by atoms with Gasteiger partial charge in [0.1, 0.15) is 5.82 Å². The first-order chi connectivity index (χ1) is 9.26. The Labute approximate surface area is 115 Å². The number of aliphatic hydroxyl groups is 1. The van der Waals surface area contributed by atoms with Crippen LogP contribution in [0, 0.1) is 0 Å². The van der Waals surface area contributed by atoms with Crippen LogP contribution in [0.1, 0.15) is 45.4 Å². The van der Waals surface area contributed by atoms with Gasteiger partial charge in [-0.25, -0.2) is 4.98 Å². The van der Waals surface area contributed by atoms with E-state index in [1.807, 2.05) is 13.0 Å². The predicted molar refractivity (Wildman–Crippen MR) is 79.3 cm³/mol. The molecule has 2 rings (SSSR count). The van der Waals surface area contributed by atoms with Crippen LogP contribution < -0.4 is 0 Å². The van der Waals surface area contributed by atoms with Crippen molar-refractivity contribution in [3.8, 4) is 0 Å². The second-order valence-electron chi connectivity index (χ2n) is 5.12. The molecule has 0 amide bonds. The summed E-state index contributed by atoms with van der Waals surface area (Å²) in [4.78, 5) is 4.72. The van der Waals surface area contributed by atoms with Gasteiger partial charge in [-0.3, -0.25) is 0 Å². The highest BCUT2D eigenvalue weighted by atomic mass is 16.3. The molecule has 0 radical (unpaired) electrons. The first-order valence-electron chi connectivity index (χ1n) is 7.38. The number of aromatic nitrogens is 2. The quantitative estimate of drug-likeness (QED) is 0.827. The van der Waals surface area contributed by atoms with Gasteiger partial charge >= 0.3 is 0 Å². The third-order valence-electron chi connectivity index (χ3n) is 3.60. The van der Waals surface area contributed by atoms with E-state index in [1.165, 1.54) is 11.3 Å². The maximum Gasteiger partial charge on any atom is 0.109 e. The topological polar surface area (TPSA) is 38.0 Å². The van der Waals surface area contributed by atoms with Crippen LogP contribution in [-0.4, -0.2) is 20.8 Å². The Hall–Kier alpha value is -1.35. The number of benzene rings is 1. The molecule has 0 saturated carbocycles. The van der Waals surface area contributed by atoms with Crippen LogP contribution >= 0.6 is 0 Å². The highest BCUT2D eigenvalue weighted by Crippen LogP contribution is 2.18. The predicted octanol–water partition coefficient (Wildman–Crippen LogP) is 3.54. The molecule has 0 aliphatic heterocycles. The smallest absolute Gasteiger partial charge is 0.109 e. The number of imidazole rings is 1. The summed E-state index contributed by atoms with van der Waals surface area (Å²) in [5.74, 6) is 1.18. The van der Waals surface area contributed by atoms with Gasteiger partial charge in [-0.1, -0.05) is 26.0 Å². The summed E-state index contributed by atoms with van der Waals surface area (Å²) in [6.45, 7) is 5.16. The van der Waals surface area contributed by atoms with Crippen LogP contribution in [0.15, 0.2) is 24.3 Å². The average molecular weight is 260 g/mol. The third-order valence-corrected chi connectivity index (χ3v) is 3.60. The SMILES string of the molecule is CCCc1nc2ccccc2n1CCCC(O)CC. The summed E-state index contributed by atoms with van der Waals surface area (Å²) in [5, 5.41) is 9.65. The second-order valence-corrected chi connectivity index (χ2v) is 5.12. The Morgan fingerprint density at radius 3 is 2.79 bits per heavy atom. The van der Waals surface area contributed by atoms with Gasteiger partial charge in [-0.2, -0.15) is 0 Å². The number of nitrogens with zero attached hydrogens (tertiary/aromatic N) is 2. The largest absolute Gasteiger partial charge is 0.393 e. The first-order valence-corrected chi connectivity index (χ1v) is 7.38. The van der Waals surface area contributed by atoms with Crippen molar-refractivity contribution in [2.24, 2.45) is 0 Å². The van der Waals surface area contributed by atoms with Crippen molar-refractivity contribution in [3.63, 3.8) is 0 Å². The van der Waals surface area contributed by atoms with Crippen molar-refractivity contribution in [3.05, 3.63) is 30.1 Å². The average Bonchev–Trinajstić information content (AvgIpc) is 2.77. The normalized spacial score (nSPS) is 13.0. The molecule has 0 aliphatic rings. The molecule has 0 saturated heterocycles. The number of fused-ring (bicyclic) bond motifs is 1. The standard InChI is InChI=1S/C16H24N2O/c1-3-8-16-17-14-10-5-6-11-15(14)18(16)12-7-9-13(19)4-2/h5-6,10-11,13,19H,3-4,7-9,12H2,1-2H3. The summed E-state index contributed by atoms with van der Waals surface area (Å²) >= 11 is 0. The van der Waals surface area contributed by atoms with Crippen LogP contribution in [0.4, 0.5) is 0 Å². The highest BCUT2D eigenvalue weighted by Gasteiger charge is 2.09. The summed E-state index contributed by atoms with van der Waals surface area (Å²) < 4.78 is 2.32. The number of rotatable bonds is 7. The lowest BCUT2D eigenvalue weighted by molar-refractivity contribution is 0.156. The second kappa shape index (κ2) is 6.71. The van der Waals surface area contributed by atoms with Gasteiger partial charge in [0.25, 0.3) is 0 Å². The number of aryl methyl sites for hydroxylation is 2. The molecule has 19 heavy (non-hydrogen) atoms. The Kier molecular flexibility index (Phi) is 4.97. The summed E-state index contributed by atoms with van der Waals surface area (Å²) in [6, 6.07) is 8.32. The lowest BCUT2D eigenvalue weighted by Gasteiger charge is -2.11. The molecule has 1 atom stereocenters. The van der Waals surface area contributed by atoms with Crippen molar-refractivity contribution in [1.29, 1.82) is 0 Å². The zero-order valence-corrected chi connectivity index (χ0v) is 12.0. The Bertz CT molecular complexity index is 518. The van der Waals surface area contributed by atoms with Crippen LogP contribution in [0.25, 0.3) is 11.0 Å². The molecule has 104 valence electrons. The molecule has 3 heteroatoms. The molecule has 1 N–H and O–H groups in total. The van der Waals surface area contributed by atoms with E-state index in [0.29, 0.717) is 0 Å². The monoisotopic (exact) mass is 260 g/mol. The lowest BCUT2D eigenvalue weighted by Crippen LogP contribution is -2.09. The van der Waals surface area contributed by atoms with Crippen molar-refractivity contribution in [2.45, 2.75) is 58.6 Å². The molecular formula is C16H24N2O. The van der Waals surface area contributed by atoms with Gasteiger partial charge in [0, 0.05) is 13.0 Å². The molecule has 1 unspecified atom stereocenters. The molecule has 0 fully saturated rings. The fourth-order valence-electron chi connectivity index (χ4n) is 2.48. The molecule has 1 aromatic heterocycles. The molecule has 2 aromatic rings. The van der Waals surface area contributed by atoms with Crippen LogP contribution in [0.5, 0.6) is 0 Å². The fraction of sp³-hybridized carbons (Fsp3) is 0.562. The van der Waals surface area contributed by atoms with Crippen molar-refractivity contribution < 1.29 is 5.11 Å². The number of hydrogen-bond donors (Lipinski definition) is 1. The first kappa shape index (κ1) is 14.1. The van der Waals surface area contributed by atoms with E-state index in [9.17, 15) is 5.11 Å². The minimum atomic E-state index is -0.163. The van der Waals surface area contributed by atoms with Crippen molar-refractivity contribution in [1.82, 2.24) is 9.55 Å². The van der Waals surface area contributed by atoms with Gasteiger partial charge in [-0.15, -0.1) is 0 Å². The van der Waals surface area contributed by atoms with Crippen LogP contribution in [0.2, 0.25) is 0 Å². The Morgan fingerprint density at radius 2 is 2.05 bits per heavy atom. The number of hydrogen-bond acceptors (Lipinski definition) is 2. The van der Waals surface area contributed by atoms with Crippen molar-refractivity contribution in [2.75, 3.05) is 0 Å². The molecule has 0 aliphatic carbocycles. The van der Waals surface area contributed by atoms with Crippen molar-refractivity contribution >= 4 is 11.0 Å². The molecule has 0 bridgehead atoms. The maximum atomic E-state index is 9.65. The molecular weight excluding hydrogens is 236 g/mol. The van der Waals surface area contributed by atoms with E-state index < -0.39 is 0 Å². The molecule has 1 heterocycles. The molecule has 0 spiro atoms. The number of aliphatic hydroxyl groups excluding tert-OH is 1. The van der Waals surface area contributed by atoms with E-state index in [2.05, 4.69) is 29.7 Å². The maximum absolute atomic E-state index is 9.65. The summed E-state index contributed by atoms with van der Waals surface area (Å²) in [5.41, 5.74) is 2.30. The molecule has 1 aromatic carbocycles. The number of para-hydroxylation sites is 2. The van der Waals surface area contributed by atoms with Gasteiger partial charge in [0.2, 0.25) is 0 Å². The Morgan fingerprint density at radius 1 is 1.26 bits per heavy atom. The van der Waals surface area contributed by atoms with E-state index in [-0.39, 0.29) is 6.10 Å². The van der Waals surface area contributed by atoms with Gasteiger partial charge in [0.15, 0.2) is 0 Å².